The van der Waals surface area contributed by atoms with Crippen molar-refractivity contribution in [3.05, 3.63) is 17.5 Å². The van der Waals surface area contributed by atoms with E-state index in [9.17, 15) is 9.59 Å². The van der Waals surface area contributed by atoms with Crippen molar-refractivity contribution in [3.8, 4) is 0 Å². The number of aromatic nitrogens is 2. The van der Waals surface area contributed by atoms with Gasteiger partial charge in [0.15, 0.2) is 0 Å². The Kier molecular flexibility index (Phi) is 5.60. The van der Waals surface area contributed by atoms with Gasteiger partial charge in [-0.25, -0.2) is 0 Å². The van der Waals surface area contributed by atoms with Gasteiger partial charge in [0, 0.05) is 37.5 Å². The molecule has 2 aliphatic rings. The Labute approximate surface area is 161 Å². The number of amides is 2. The Morgan fingerprint density at radius 2 is 1.70 bits per heavy atom. The van der Waals surface area contributed by atoms with Crippen molar-refractivity contribution in [2.75, 3.05) is 26.2 Å². The van der Waals surface area contributed by atoms with E-state index in [1.54, 1.807) is 6.20 Å². The number of aromatic amines is 1. The van der Waals surface area contributed by atoms with Crippen molar-refractivity contribution in [1.82, 2.24) is 20.0 Å². The highest BCUT2D eigenvalue weighted by atomic mass is 16.5. The van der Waals surface area contributed by atoms with Crippen LogP contribution in [0.25, 0.3) is 0 Å². The van der Waals surface area contributed by atoms with E-state index in [0.29, 0.717) is 18.7 Å². The third kappa shape index (κ3) is 4.34. The Morgan fingerprint density at radius 3 is 2.26 bits per heavy atom. The lowest BCUT2D eigenvalue weighted by atomic mass is 9.88. The highest BCUT2D eigenvalue weighted by molar-refractivity contribution is 5.95. The summed E-state index contributed by atoms with van der Waals surface area (Å²) in [5.74, 6) is 0.443. The maximum Gasteiger partial charge on any atom is 0.257 e. The van der Waals surface area contributed by atoms with Crippen LogP contribution in [0.5, 0.6) is 0 Å². The highest BCUT2D eigenvalue weighted by Crippen LogP contribution is 2.31. The number of H-pyrrole nitrogens is 1. The highest BCUT2D eigenvalue weighted by Gasteiger charge is 2.34. The van der Waals surface area contributed by atoms with E-state index in [2.05, 4.69) is 10.2 Å². The van der Waals surface area contributed by atoms with Gasteiger partial charge < -0.3 is 14.5 Å². The van der Waals surface area contributed by atoms with Crippen LogP contribution in [-0.2, 0) is 9.53 Å². The summed E-state index contributed by atoms with van der Waals surface area (Å²) in [5.41, 5.74) is 1.22. The zero-order valence-electron chi connectivity index (χ0n) is 17.1. The number of nitrogens with zero attached hydrogens (tertiary/aromatic N) is 3. The summed E-state index contributed by atoms with van der Waals surface area (Å²) in [4.78, 5) is 29.4. The average Bonchev–Trinajstić information content (AvgIpc) is 3.08. The predicted molar refractivity (Wildman–Crippen MR) is 103 cm³/mol. The van der Waals surface area contributed by atoms with Gasteiger partial charge in [0.05, 0.1) is 29.7 Å². The summed E-state index contributed by atoms with van der Waals surface area (Å²) in [7, 11) is 0. The molecule has 1 N–H and O–H groups in total. The molecule has 2 atom stereocenters. The molecular formula is C20H32N4O3. The molecule has 0 radical (unpaired) electrons. The first-order valence-electron chi connectivity index (χ1n) is 9.94. The van der Waals surface area contributed by atoms with E-state index in [4.69, 9.17) is 4.74 Å². The van der Waals surface area contributed by atoms with Crippen LogP contribution in [0, 0.1) is 5.41 Å². The molecule has 0 saturated carbocycles. The zero-order valence-corrected chi connectivity index (χ0v) is 17.1. The number of piperidine rings is 1. The molecule has 0 bridgehead atoms. The fourth-order valence-electron chi connectivity index (χ4n) is 4.14. The van der Waals surface area contributed by atoms with Crippen molar-refractivity contribution < 1.29 is 14.3 Å². The molecule has 2 saturated heterocycles. The SMILES string of the molecule is C[C@@H]1CN(C(=O)c2cn[nH]c2C2CCN(C(=O)C(C)(C)C)CC2)C[C@@H](C)O1. The second-order valence-electron chi connectivity index (χ2n) is 8.98. The van der Waals surface area contributed by atoms with E-state index in [-0.39, 0.29) is 35.4 Å². The number of carbonyl (C=O) groups excluding carboxylic acids is 2. The van der Waals surface area contributed by atoms with Crippen LogP contribution in [0.1, 0.15) is 69.4 Å². The summed E-state index contributed by atoms with van der Waals surface area (Å²) in [6.07, 6.45) is 3.43. The zero-order chi connectivity index (χ0) is 19.8. The van der Waals surface area contributed by atoms with E-state index in [0.717, 1.165) is 31.6 Å². The van der Waals surface area contributed by atoms with Crippen molar-refractivity contribution in [2.24, 2.45) is 5.41 Å². The molecular weight excluding hydrogens is 344 g/mol. The fourth-order valence-corrected chi connectivity index (χ4v) is 4.14. The van der Waals surface area contributed by atoms with E-state index in [1.807, 2.05) is 44.4 Å². The molecule has 2 aliphatic heterocycles. The number of nitrogens with one attached hydrogen (secondary N) is 1. The van der Waals surface area contributed by atoms with Crippen LogP contribution < -0.4 is 0 Å². The smallest absolute Gasteiger partial charge is 0.257 e. The van der Waals surface area contributed by atoms with Crippen LogP contribution in [0.15, 0.2) is 6.20 Å². The molecule has 0 spiro atoms. The summed E-state index contributed by atoms with van der Waals surface area (Å²) < 4.78 is 5.74. The summed E-state index contributed by atoms with van der Waals surface area (Å²) >= 11 is 0. The summed E-state index contributed by atoms with van der Waals surface area (Å²) in [6.45, 7) is 12.5. The molecule has 7 heteroatoms. The molecule has 0 aliphatic carbocycles. The van der Waals surface area contributed by atoms with Gasteiger partial charge in [-0.1, -0.05) is 20.8 Å². The van der Waals surface area contributed by atoms with Gasteiger partial charge in [-0.05, 0) is 26.7 Å². The Morgan fingerprint density at radius 1 is 1.11 bits per heavy atom. The number of carbonyl (C=O) groups is 2. The number of ether oxygens (including phenoxy) is 1. The standard InChI is InChI=1S/C20H32N4O3/c1-13-11-24(12-14(2)27-13)18(25)16-10-21-22-17(16)15-6-8-23(9-7-15)19(26)20(3,4)5/h10,13-15H,6-9,11-12H2,1-5H3,(H,21,22)/t13-,14-/m1/s1. The lowest BCUT2D eigenvalue weighted by molar-refractivity contribution is -0.140. The minimum atomic E-state index is -0.355. The fraction of sp³-hybridized carbons (Fsp3) is 0.750. The predicted octanol–water partition coefficient (Wildman–Crippen LogP) is 2.41. The van der Waals surface area contributed by atoms with Crippen LogP contribution in [0.4, 0.5) is 0 Å². The largest absolute Gasteiger partial charge is 0.372 e. The lowest BCUT2D eigenvalue weighted by Crippen LogP contribution is -2.48. The van der Waals surface area contributed by atoms with Crippen LogP contribution in [0.2, 0.25) is 0 Å². The minimum Gasteiger partial charge on any atom is -0.372 e. The number of hydrogen-bond donors (Lipinski definition) is 1. The third-order valence-electron chi connectivity index (χ3n) is 5.44. The second-order valence-corrected chi connectivity index (χ2v) is 8.98. The van der Waals surface area contributed by atoms with E-state index < -0.39 is 0 Å². The van der Waals surface area contributed by atoms with E-state index >= 15 is 0 Å². The first-order chi connectivity index (χ1) is 12.7. The molecule has 150 valence electrons. The molecule has 7 nitrogen and oxygen atoms in total. The van der Waals surface area contributed by atoms with Crippen LogP contribution >= 0.6 is 0 Å². The number of morpholine rings is 1. The number of hydrogen-bond acceptors (Lipinski definition) is 4. The molecule has 27 heavy (non-hydrogen) atoms. The maximum absolute atomic E-state index is 13.1. The molecule has 0 unspecified atom stereocenters. The second kappa shape index (κ2) is 7.62. The molecule has 1 aromatic rings. The molecule has 0 aromatic carbocycles. The molecule has 2 amide bonds. The first kappa shape index (κ1) is 19.9. The van der Waals surface area contributed by atoms with Crippen molar-refractivity contribution in [3.63, 3.8) is 0 Å². The lowest BCUT2D eigenvalue weighted by Gasteiger charge is -2.37. The van der Waals surface area contributed by atoms with Gasteiger partial charge in [-0.3, -0.25) is 14.7 Å². The quantitative estimate of drug-likeness (QED) is 0.860. The Bertz CT molecular complexity index is 676. The normalized spacial score (nSPS) is 24.9. The van der Waals surface area contributed by atoms with Crippen molar-refractivity contribution in [1.29, 1.82) is 0 Å². The first-order valence-corrected chi connectivity index (χ1v) is 9.94. The minimum absolute atomic E-state index is 0.0222. The van der Waals surface area contributed by atoms with Gasteiger partial charge in [0.25, 0.3) is 5.91 Å². The maximum atomic E-state index is 13.1. The van der Waals surface area contributed by atoms with Gasteiger partial charge in [-0.15, -0.1) is 0 Å². The molecule has 2 fully saturated rings. The van der Waals surface area contributed by atoms with Crippen LogP contribution in [0.3, 0.4) is 0 Å². The number of likely N-dealkylation sites (tertiary alicyclic amines) is 1. The van der Waals surface area contributed by atoms with Crippen molar-refractivity contribution in [2.45, 2.75) is 65.6 Å². The molecule has 1 aromatic heterocycles. The summed E-state index contributed by atoms with van der Waals surface area (Å²) in [5, 5.41) is 7.22. The molecule has 3 heterocycles. The Balaban J connectivity index is 1.67. The van der Waals surface area contributed by atoms with Gasteiger partial charge in [-0.2, -0.15) is 5.10 Å². The topological polar surface area (TPSA) is 78.5 Å². The number of rotatable bonds is 2. The van der Waals surface area contributed by atoms with Crippen LogP contribution in [-0.4, -0.2) is 70.2 Å². The summed E-state index contributed by atoms with van der Waals surface area (Å²) in [6, 6.07) is 0. The van der Waals surface area contributed by atoms with E-state index in [1.165, 1.54) is 0 Å². The Hall–Kier alpha value is -1.89. The molecule has 3 rings (SSSR count). The van der Waals surface area contributed by atoms with Gasteiger partial charge >= 0.3 is 0 Å². The average molecular weight is 377 g/mol. The third-order valence-corrected chi connectivity index (χ3v) is 5.44. The van der Waals surface area contributed by atoms with Gasteiger partial charge in [0.1, 0.15) is 0 Å². The van der Waals surface area contributed by atoms with Gasteiger partial charge in [0.2, 0.25) is 5.91 Å². The monoisotopic (exact) mass is 376 g/mol. The van der Waals surface area contributed by atoms with Crippen molar-refractivity contribution >= 4 is 11.8 Å².